The number of hydrogen-bond acceptors (Lipinski definition) is 2. The molecule has 0 saturated heterocycles. The van der Waals surface area contributed by atoms with Gasteiger partial charge in [0.2, 0.25) is 0 Å². The Kier molecular flexibility index (Phi) is 4.12. The molecule has 0 spiro atoms. The molecule has 1 heterocycles. The molecule has 4 aromatic rings. The quantitative estimate of drug-likeness (QED) is 0.439. The number of fused-ring (bicyclic) bond motifs is 1. The number of ether oxygens (including phenoxy) is 1. The first kappa shape index (κ1) is 15.7. The van der Waals surface area contributed by atoms with E-state index in [1.807, 2.05) is 60.7 Å². The summed E-state index contributed by atoms with van der Waals surface area (Å²) in [5.41, 5.74) is 5.10. The molecule has 3 aromatic carbocycles. The minimum atomic E-state index is 0.704. The highest BCUT2D eigenvalue weighted by atomic mass is 35.5. The molecule has 0 aliphatic heterocycles. The summed E-state index contributed by atoms with van der Waals surface area (Å²) in [6.07, 6.45) is 0. The third-order valence-electron chi connectivity index (χ3n) is 4.22. The summed E-state index contributed by atoms with van der Waals surface area (Å²) in [6.45, 7) is 0. The van der Waals surface area contributed by atoms with Gasteiger partial charge in [0.25, 0.3) is 0 Å². The second-order valence-corrected chi connectivity index (χ2v) is 6.25. The van der Waals surface area contributed by atoms with Crippen molar-refractivity contribution in [1.82, 2.24) is 4.98 Å². The second-order valence-electron chi connectivity index (χ2n) is 5.81. The maximum atomic E-state index is 6.17. The lowest BCUT2D eigenvalue weighted by Crippen LogP contribution is -1.91. The fraction of sp³-hybridized carbons (Fsp3) is 0.0455. The van der Waals surface area contributed by atoms with Gasteiger partial charge in [-0.2, -0.15) is 0 Å². The zero-order chi connectivity index (χ0) is 17.2. The molecule has 0 bridgehead atoms. The Balaban J connectivity index is 2.01. The van der Waals surface area contributed by atoms with Gasteiger partial charge in [-0.25, -0.2) is 4.98 Å². The van der Waals surface area contributed by atoms with E-state index in [9.17, 15) is 0 Å². The van der Waals surface area contributed by atoms with Crippen LogP contribution in [-0.2, 0) is 0 Å². The monoisotopic (exact) mass is 345 g/mol. The molecular formula is C22H16ClNO. The summed E-state index contributed by atoms with van der Waals surface area (Å²) < 4.78 is 5.40. The summed E-state index contributed by atoms with van der Waals surface area (Å²) in [4.78, 5) is 4.83. The number of pyridine rings is 1. The van der Waals surface area contributed by atoms with Gasteiger partial charge in [0.15, 0.2) is 0 Å². The van der Waals surface area contributed by atoms with Crippen LogP contribution in [0.2, 0.25) is 5.02 Å². The molecule has 122 valence electrons. The molecule has 2 nitrogen and oxygen atoms in total. The number of hydrogen-bond donors (Lipinski definition) is 0. The van der Waals surface area contributed by atoms with Crippen LogP contribution in [0.15, 0.2) is 78.9 Å². The van der Waals surface area contributed by atoms with Crippen LogP contribution in [0.5, 0.6) is 5.75 Å². The van der Waals surface area contributed by atoms with Crippen molar-refractivity contribution in [3.05, 3.63) is 83.9 Å². The zero-order valence-electron chi connectivity index (χ0n) is 13.7. The molecule has 0 unspecified atom stereocenters. The Hall–Kier alpha value is -2.84. The third-order valence-corrected chi connectivity index (χ3v) is 4.46. The van der Waals surface area contributed by atoms with Gasteiger partial charge in [0, 0.05) is 16.0 Å². The lowest BCUT2D eigenvalue weighted by atomic mass is 9.98. The molecule has 25 heavy (non-hydrogen) atoms. The van der Waals surface area contributed by atoms with E-state index >= 15 is 0 Å². The molecule has 0 fully saturated rings. The van der Waals surface area contributed by atoms with Gasteiger partial charge in [-0.15, -0.1) is 0 Å². The first-order valence-electron chi connectivity index (χ1n) is 8.05. The highest BCUT2D eigenvalue weighted by molar-refractivity contribution is 6.30. The molecule has 4 rings (SSSR count). The van der Waals surface area contributed by atoms with Crippen molar-refractivity contribution in [3.63, 3.8) is 0 Å². The zero-order valence-corrected chi connectivity index (χ0v) is 14.5. The number of halogens is 1. The van der Waals surface area contributed by atoms with Gasteiger partial charge < -0.3 is 4.74 Å². The van der Waals surface area contributed by atoms with E-state index in [0.717, 1.165) is 39.0 Å². The standard InChI is InChI=1S/C22H16ClNO/c1-25-18-10-11-21-20(13-18)19(15-6-3-2-4-7-15)14-22(24-21)16-8-5-9-17(23)12-16/h2-14H,1H3. The van der Waals surface area contributed by atoms with Crippen molar-refractivity contribution < 1.29 is 4.74 Å². The van der Waals surface area contributed by atoms with E-state index in [1.54, 1.807) is 7.11 Å². The normalized spacial score (nSPS) is 10.8. The maximum absolute atomic E-state index is 6.17. The van der Waals surface area contributed by atoms with Crippen molar-refractivity contribution in [2.75, 3.05) is 7.11 Å². The highest BCUT2D eigenvalue weighted by Crippen LogP contribution is 2.34. The van der Waals surface area contributed by atoms with Gasteiger partial charge in [-0.3, -0.25) is 0 Å². The van der Waals surface area contributed by atoms with Gasteiger partial charge >= 0.3 is 0 Å². The van der Waals surface area contributed by atoms with Crippen LogP contribution in [-0.4, -0.2) is 12.1 Å². The number of nitrogens with zero attached hydrogens (tertiary/aromatic N) is 1. The second kappa shape index (κ2) is 6.58. The fourth-order valence-corrected chi connectivity index (χ4v) is 3.17. The molecule has 3 heteroatoms. The first-order chi connectivity index (χ1) is 12.2. The Labute approximate surface area is 151 Å². The lowest BCUT2D eigenvalue weighted by molar-refractivity contribution is 0.415. The number of methoxy groups -OCH3 is 1. The Bertz CT molecular complexity index is 1040. The average Bonchev–Trinajstić information content (AvgIpc) is 2.67. The lowest BCUT2D eigenvalue weighted by Gasteiger charge is -2.12. The van der Waals surface area contributed by atoms with Crippen molar-refractivity contribution >= 4 is 22.5 Å². The fourth-order valence-electron chi connectivity index (χ4n) is 2.98. The van der Waals surface area contributed by atoms with E-state index in [1.165, 1.54) is 0 Å². The van der Waals surface area contributed by atoms with Crippen molar-refractivity contribution in [1.29, 1.82) is 0 Å². The van der Waals surface area contributed by atoms with Crippen LogP contribution in [0.3, 0.4) is 0 Å². The third kappa shape index (κ3) is 3.09. The highest BCUT2D eigenvalue weighted by Gasteiger charge is 2.11. The predicted molar refractivity (Wildman–Crippen MR) is 104 cm³/mol. The van der Waals surface area contributed by atoms with Crippen molar-refractivity contribution in [3.8, 4) is 28.1 Å². The smallest absolute Gasteiger partial charge is 0.119 e. The molecule has 0 aliphatic rings. The molecular weight excluding hydrogens is 330 g/mol. The Morgan fingerprint density at radius 2 is 1.60 bits per heavy atom. The summed E-state index contributed by atoms with van der Waals surface area (Å²) in [5, 5.41) is 1.77. The molecule has 0 aliphatic carbocycles. The summed E-state index contributed by atoms with van der Waals surface area (Å²) in [6, 6.07) is 26.2. The summed E-state index contributed by atoms with van der Waals surface area (Å²) in [7, 11) is 1.68. The number of benzene rings is 3. The molecule has 0 atom stereocenters. The maximum Gasteiger partial charge on any atom is 0.119 e. The molecule has 0 radical (unpaired) electrons. The van der Waals surface area contributed by atoms with Crippen LogP contribution in [0.1, 0.15) is 0 Å². The minimum Gasteiger partial charge on any atom is -0.497 e. The van der Waals surface area contributed by atoms with E-state index in [0.29, 0.717) is 5.02 Å². The molecule has 0 amide bonds. The Morgan fingerprint density at radius 3 is 2.36 bits per heavy atom. The van der Waals surface area contributed by atoms with E-state index in [2.05, 4.69) is 18.2 Å². The largest absolute Gasteiger partial charge is 0.497 e. The average molecular weight is 346 g/mol. The van der Waals surface area contributed by atoms with E-state index < -0.39 is 0 Å². The summed E-state index contributed by atoms with van der Waals surface area (Å²) in [5.74, 6) is 0.821. The van der Waals surface area contributed by atoms with Crippen LogP contribution >= 0.6 is 11.6 Å². The van der Waals surface area contributed by atoms with Crippen LogP contribution in [0.25, 0.3) is 33.3 Å². The van der Waals surface area contributed by atoms with Gasteiger partial charge in [-0.1, -0.05) is 54.1 Å². The van der Waals surface area contributed by atoms with Crippen molar-refractivity contribution in [2.24, 2.45) is 0 Å². The van der Waals surface area contributed by atoms with Gasteiger partial charge in [-0.05, 0) is 47.5 Å². The number of rotatable bonds is 3. The van der Waals surface area contributed by atoms with Crippen LogP contribution in [0.4, 0.5) is 0 Å². The van der Waals surface area contributed by atoms with E-state index in [4.69, 9.17) is 21.3 Å². The molecule has 0 saturated carbocycles. The minimum absolute atomic E-state index is 0.704. The topological polar surface area (TPSA) is 22.1 Å². The molecule has 1 aromatic heterocycles. The number of aromatic nitrogens is 1. The predicted octanol–water partition coefficient (Wildman–Crippen LogP) is 6.23. The molecule has 0 N–H and O–H groups in total. The van der Waals surface area contributed by atoms with Crippen LogP contribution in [0, 0.1) is 0 Å². The summed E-state index contributed by atoms with van der Waals surface area (Å²) >= 11 is 6.17. The van der Waals surface area contributed by atoms with Crippen molar-refractivity contribution in [2.45, 2.75) is 0 Å². The Morgan fingerprint density at radius 1 is 0.800 bits per heavy atom. The van der Waals surface area contributed by atoms with E-state index in [-0.39, 0.29) is 0 Å². The van der Waals surface area contributed by atoms with Gasteiger partial charge in [0.1, 0.15) is 5.75 Å². The van der Waals surface area contributed by atoms with Crippen LogP contribution < -0.4 is 4.74 Å². The SMILES string of the molecule is COc1ccc2nc(-c3cccc(Cl)c3)cc(-c3ccccc3)c2c1. The first-order valence-corrected chi connectivity index (χ1v) is 8.42. The van der Waals surface area contributed by atoms with Gasteiger partial charge in [0.05, 0.1) is 18.3 Å².